The van der Waals surface area contributed by atoms with Gasteiger partial charge in [0, 0.05) is 26.7 Å². The van der Waals surface area contributed by atoms with Gasteiger partial charge < -0.3 is 5.11 Å². The van der Waals surface area contributed by atoms with Crippen LogP contribution in [0.1, 0.15) is 18.7 Å². The highest BCUT2D eigenvalue weighted by Gasteiger charge is 2.27. The Morgan fingerprint density at radius 1 is 1.47 bits per heavy atom. The second kappa shape index (κ2) is 5.95. The van der Waals surface area contributed by atoms with Crippen molar-refractivity contribution in [3.63, 3.8) is 0 Å². The Bertz CT molecular complexity index is 507. The highest BCUT2D eigenvalue weighted by molar-refractivity contribution is 7.87. The minimum Gasteiger partial charge on any atom is -0.396 e. The van der Waals surface area contributed by atoms with Gasteiger partial charge in [-0.05, 0) is 18.8 Å². The first-order valence-corrected chi connectivity index (χ1v) is 7.65. The zero-order valence-electron chi connectivity index (χ0n) is 10.9. The second-order valence-electron chi connectivity index (χ2n) is 4.69. The lowest BCUT2D eigenvalue weighted by molar-refractivity contribution is 0.169. The lowest BCUT2D eigenvalue weighted by Crippen LogP contribution is -2.45. The van der Waals surface area contributed by atoms with Gasteiger partial charge in [-0.25, -0.2) is 4.98 Å². The van der Waals surface area contributed by atoms with E-state index in [9.17, 15) is 8.42 Å². The molecule has 1 aromatic rings. The van der Waals surface area contributed by atoms with E-state index < -0.39 is 10.2 Å². The first-order valence-electron chi connectivity index (χ1n) is 6.21. The van der Waals surface area contributed by atoms with Crippen LogP contribution >= 0.6 is 0 Å². The molecule has 1 aliphatic rings. The molecule has 0 unspecified atom stereocenters. The summed E-state index contributed by atoms with van der Waals surface area (Å²) in [5, 5.41) is 13.0. The van der Waals surface area contributed by atoms with E-state index in [0.29, 0.717) is 31.8 Å². The maximum Gasteiger partial charge on any atom is 0.279 e. The van der Waals surface area contributed by atoms with Crippen LogP contribution in [0.25, 0.3) is 0 Å². The molecule has 1 aromatic heterocycles. The average molecular weight is 289 g/mol. The average Bonchev–Trinajstić information content (AvgIpc) is 2.82. The Hall–Kier alpha value is -1.03. The maximum absolute atomic E-state index is 12.1. The molecule has 108 valence electrons. The van der Waals surface area contributed by atoms with Gasteiger partial charge in [0.05, 0.1) is 6.54 Å². The minimum absolute atomic E-state index is 0.0864. The molecule has 19 heavy (non-hydrogen) atoms. The molecule has 0 bridgehead atoms. The van der Waals surface area contributed by atoms with Gasteiger partial charge in [-0.3, -0.25) is 4.68 Å². The molecule has 8 nitrogen and oxygen atoms in total. The number of nitrogens with one attached hydrogen (secondary N) is 1. The van der Waals surface area contributed by atoms with Gasteiger partial charge in [-0.15, -0.1) is 0 Å². The molecule has 0 radical (unpaired) electrons. The molecule has 1 fully saturated rings. The Balaban J connectivity index is 1.88. The number of aliphatic hydroxyl groups excluding tert-OH is 1. The smallest absolute Gasteiger partial charge is 0.279 e. The SMILES string of the molecule is Cn1cnc(CNS(=O)(=O)N2CCC(CO)CC2)n1. The van der Waals surface area contributed by atoms with Gasteiger partial charge in [0.15, 0.2) is 5.82 Å². The van der Waals surface area contributed by atoms with E-state index in [0.717, 1.165) is 0 Å². The summed E-state index contributed by atoms with van der Waals surface area (Å²) >= 11 is 0. The first kappa shape index (κ1) is 14.4. The van der Waals surface area contributed by atoms with Crippen LogP contribution in [0.15, 0.2) is 6.33 Å². The number of hydrogen-bond acceptors (Lipinski definition) is 5. The van der Waals surface area contributed by atoms with Crippen molar-refractivity contribution in [2.45, 2.75) is 19.4 Å². The quantitative estimate of drug-likeness (QED) is 0.713. The number of hydrogen-bond donors (Lipinski definition) is 2. The van der Waals surface area contributed by atoms with Gasteiger partial charge in [0.1, 0.15) is 6.33 Å². The Labute approximate surface area is 112 Å². The van der Waals surface area contributed by atoms with Crippen LogP contribution in [0.2, 0.25) is 0 Å². The molecule has 0 aromatic carbocycles. The molecule has 2 N–H and O–H groups in total. The summed E-state index contributed by atoms with van der Waals surface area (Å²) in [6.07, 6.45) is 2.91. The van der Waals surface area contributed by atoms with Crippen LogP contribution in [0, 0.1) is 5.92 Å². The van der Waals surface area contributed by atoms with Crippen molar-refractivity contribution >= 4 is 10.2 Å². The van der Waals surface area contributed by atoms with E-state index in [2.05, 4.69) is 14.8 Å². The van der Waals surface area contributed by atoms with Gasteiger partial charge in [0.2, 0.25) is 0 Å². The van der Waals surface area contributed by atoms with Crippen molar-refractivity contribution in [2.24, 2.45) is 13.0 Å². The molecule has 2 rings (SSSR count). The van der Waals surface area contributed by atoms with E-state index in [1.165, 1.54) is 15.3 Å². The van der Waals surface area contributed by atoms with Gasteiger partial charge in [-0.1, -0.05) is 0 Å². The number of aliphatic hydroxyl groups is 1. The predicted octanol–water partition coefficient (Wildman–Crippen LogP) is -1.15. The van der Waals surface area contributed by atoms with E-state index in [4.69, 9.17) is 5.11 Å². The van der Waals surface area contributed by atoms with Crippen LogP contribution in [-0.4, -0.2) is 52.3 Å². The zero-order valence-corrected chi connectivity index (χ0v) is 11.7. The van der Waals surface area contributed by atoms with Crippen molar-refractivity contribution in [3.05, 3.63) is 12.2 Å². The zero-order chi connectivity index (χ0) is 13.9. The number of aromatic nitrogens is 3. The summed E-state index contributed by atoms with van der Waals surface area (Å²) in [4.78, 5) is 3.96. The van der Waals surface area contributed by atoms with Gasteiger partial charge in [-0.2, -0.15) is 22.5 Å². The fraction of sp³-hybridized carbons (Fsp3) is 0.800. The van der Waals surface area contributed by atoms with Crippen LogP contribution < -0.4 is 4.72 Å². The third kappa shape index (κ3) is 3.72. The Morgan fingerprint density at radius 2 is 2.16 bits per heavy atom. The maximum atomic E-state index is 12.1. The van der Waals surface area contributed by atoms with Crippen molar-refractivity contribution in [1.29, 1.82) is 0 Å². The normalized spacial score (nSPS) is 18.8. The summed E-state index contributed by atoms with van der Waals surface area (Å²) in [5.74, 6) is 0.653. The summed E-state index contributed by atoms with van der Waals surface area (Å²) < 4.78 is 29.5. The van der Waals surface area contributed by atoms with E-state index in [1.54, 1.807) is 7.05 Å². The molecule has 9 heteroatoms. The summed E-state index contributed by atoms with van der Waals surface area (Å²) in [6.45, 7) is 1.09. The fourth-order valence-electron chi connectivity index (χ4n) is 2.04. The topological polar surface area (TPSA) is 100 Å². The summed E-state index contributed by atoms with van der Waals surface area (Å²) in [5.41, 5.74) is 0. The van der Waals surface area contributed by atoms with Crippen LogP contribution in [0.4, 0.5) is 0 Å². The molecule has 0 spiro atoms. The summed E-state index contributed by atoms with van der Waals surface area (Å²) in [6, 6.07) is 0. The summed E-state index contributed by atoms with van der Waals surface area (Å²) in [7, 11) is -1.76. The molecular formula is C10H19N5O3S. The van der Waals surface area contributed by atoms with Crippen molar-refractivity contribution in [3.8, 4) is 0 Å². The molecule has 1 saturated heterocycles. The second-order valence-corrected chi connectivity index (χ2v) is 6.44. The van der Waals surface area contributed by atoms with Crippen LogP contribution in [-0.2, 0) is 23.8 Å². The Kier molecular flexibility index (Phi) is 4.50. The van der Waals surface area contributed by atoms with E-state index in [-0.39, 0.29) is 19.1 Å². The largest absolute Gasteiger partial charge is 0.396 e. The highest BCUT2D eigenvalue weighted by atomic mass is 32.2. The molecule has 0 aliphatic carbocycles. The van der Waals surface area contributed by atoms with E-state index in [1.807, 2.05) is 0 Å². The van der Waals surface area contributed by atoms with Crippen molar-refractivity contribution < 1.29 is 13.5 Å². The van der Waals surface area contributed by atoms with Crippen LogP contribution in [0.5, 0.6) is 0 Å². The number of piperidine rings is 1. The van der Waals surface area contributed by atoms with Gasteiger partial charge in [0.25, 0.3) is 10.2 Å². The van der Waals surface area contributed by atoms with E-state index >= 15 is 0 Å². The fourth-order valence-corrected chi connectivity index (χ4v) is 3.23. The first-order chi connectivity index (χ1) is 9.01. The molecule has 0 saturated carbocycles. The highest BCUT2D eigenvalue weighted by Crippen LogP contribution is 2.18. The lowest BCUT2D eigenvalue weighted by atomic mass is 10.00. The third-order valence-corrected chi connectivity index (χ3v) is 4.79. The molecular weight excluding hydrogens is 270 g/mol. The number of rotatable bonds is 5. The monoisotopic (exact) mass is 289 g/mol. The molecule has 0 atom stereocenters. The molecule has 1 aliphatic heterocycles. The third-order valence-electron chi connectivity index (χ3n) is 3.23. The predicted molar refractivity (Wildman–Crippen MR) is 68.1 cm³/mol. The Morgan fingerprint density at radius 3 is 2.68 bits per heavy atom. The molecule has 0 amide bonds. The van der Waals surface area contributed by atoms with Gasteiger partial charge >= 0.3 is 0 Å². The number of aryl methyl sites for hydroxylation is 1. The standard InChI is InChI=1S/C10H19N5O3S/c1-14-8-11-10(13-14)6-12-19(17,18)15-4-2-9(7-16)3-5-15/h8-9,12,16H,2-7H2,1H3. The lowest BCUT2D eigenvalue weighted by Gasteiger charge is -2.30. The minimum atomic E-state index is -3.49. The number of nitrogens with zero attached hydrogens (tertiary/aromatic N) is 4. The van der Waals surface area contributed by atoms with Crippen LogP contribution in [0.3, 0.4) is 0 Å². The molecule has 2 heterocycles. The van der Waals surface area contributed by atoms with Crippen molar-refractivity contribution in [1.82, 2.24) is 23.8 Å². The van der Waals surface area contributed by atoms with Crippen molar-refractivity contribution in [2.75, 3.05) is 19.7 Å².